The Morgan fingerprint density at radius 2 is 1.80 bits per heavy atom. The third-order valence-corrected chi connectivity index (χ3v) is 5.80. The predicted molar refractivity (Wildman–Crippen MR) is 115 cm³/mol. The first-order valence-electron chi connectivity index (χ1n) is 9.30. The number of aryl methyl sites for hydroxylation is 1. The summed E-state index contributed by atoms with van der Waals surface area (Å²) in [6.07, 6.45) is 4.61. The zero-order valence-electron chi connectivity index (χ0n) is 16.4. The van der Waals surface area contributed by atoms with Gasteiger partial charge in [-0.25, -0.2) is 18.6 Å². The van der Waals surface area contributed by atoms with Crippen molar-refractivity contribution in [1.29, 1.82) is 0 Å². The molecule has 0 saturated carbocycles. The lowest BCUT2D eigenvalue weighted by atomic mass is 10.0. The number of amides is 1. The molecule has 2 N–H and O–H groups in total. The molecule has 1 atom stereocenters. The zero-order valence-corrected chi connectivity index (χ0v) is 17.2. The van der Waals surface area contributed by atoms with Gasteiger partial charge in [0.1, 0.15) is 0 Å². The second-order valence-corrected chi connectivity index (χ2v) is 8.40. The van der Waals surface area contributed by atoms with Gasteiger partial charge in [-0.15, -0.1) is 0 Å². The van der Waals surface area contributed by atoms with Gasteiger partial charge in [-0.05, 0) is 30.7 Å². The van der Waals surface area contributed by atoms with Crippen molar-refractivity contribution in [3.63, 3.8) is 0 Å². The highest BCUT2D eigenvalue weighted by atomic mass is 32.2. The van der Waals surface area contributed by atoms with E-state index in [-0.39, 0.29) is 11.3 Å². The maximum absolute atomic E-state index is 12.8. The number of hydrazone groups is 1. The van der Waals surface area contributed by atoms with Crippen molar-refractivity contribution >= 4 is 22.1 Å². The first-order valence-corrected chi connectivity index (χ1v) is 10.8. The molecule has 3 rings (SSSR count). The number of hydrogen-bond donors (Lipinski definition) is 2. The lowest BCUT2D eigenvalue weighted by Gasteiger charge is -2.18. The molecule has 0 aliphatic carbocycles. The van der Waals surface area contributed by atoms with Gasteiger partial charge in [0.2, 0.25) is 15.9 Å². The Morgan fingerprint density at radius 3 is 2.47 bits per heavy atom. The summed E-state index contributed by atoms with van der Waals surface area (Å²) in [6.45, 7) is 1.88. The van der Waals surface area contributed by atoms with Crippen LogP contribution in [0.25, 0.3) is 0 Å². The van der Waals surface area contributed by atoms with E-state index in [0.717, 1.165) is 11.1 Å². The molecule has 0 aliphatic heterocycles. The molecule has 0 unspecified atom stereocenters. The van der Waals surface area contributed by atoms with Gasteiger partial charge in [-0.1, -0.05) is 54.1 Å². The van der Waals surface area contributed by atoms with Crippen LogP contribution in [0.4, 0.5) is 0 Å². The fourth-order valence-electron chi connectivity index (χ4n) is 2.75. The molecule has 0 radical (unpaired) electrons. The second-order valence-electron chi connectivity index (χ2n) is 6.68. The number of hydrogen-bond acceptors (Lipinski definition) is 5. The van der Waals surface area contributed by atoms with Crippen LogP contribution in [0.2, 0.25) is 0 Å². The average Bonchev–Trinajstić information content (AvgIpc) is 2.75. The summed E-state index contributed by atoms with van der Waals surface area (Å²) < 4.78 is 28.3. The summed E-state index contributed by atoms with van der Waals surface area (Å²) in [7, 11) is -3.81. The van der Waals surface area contributed by atoms with Crippen LogP contribution >= 0.6 is 0 Å². The molecule has 0 fully saturated rings. The monoisotopic (exact) mass is 422 g/mol. The minimum atomic E-state index is -3.81. The molecule has 1 heterocycles. The Hall–Kier alpha value is -3.36. The van der Waals surface area contributed by atoms with E-state index in [9.17, 15) is 13.2 Å². The number of aromatic nitrogens is 1. The fourth-order valence-corrected chi connectivity index (χ4v) is 3.97. The van der Waals surface area contributed by atoms with Crippen LogP contribution in [0.1, 0.15) is 29.2 Å². The highest BCUT2D eigenvalue weighted by molar-refractivity contribution is 7.89. The zero-order chi connectivity index (χ0) is 21.4. The van der Waals surface area contributed by atoms with Crippen LogP contribution < -0.4 is 10.1 Å². The first kappa shape index (κ1) is 21.4. The van der Waals surface area contributed by atoms with E-state index in [1.165, 1.54) is 18.3 Å². The summed E-state index contributed by atoms with van der Waals surface area (Å²) >= 11 is 0. The molecule has 30 heavy (non-hydrogen) atoms. The molecule has 0 spiro atoms. The molecule has 1 amide bonds. The number of pyridine rings is 1. The molecule has 0 aliphatic rings. The summed E-state index contributed by atoms with van der Waals surface area (Å²) in [5.74, 6) is -0.421. The number of carbonyl (C=O) groups excluding carboxylic acids is 1. The number of nitrogens with one attached hydrogen (secondary N) is 2. The minimum absolute atomic E-state index is 0.112. The van der Waals surface area contributed by atoms with Crippen LogP contribution in [0.5, 0.6) is 0 Å². The number of benzene rings is 2. The quantitative estimate of drug-likeness (QED) is 0.430. The minimum Gasteiger partial charge on any atom is -0.273 e. The molecule has 0 bridgehead atoms. The molecule has 154 valence electrons. The van der Waals surface area contributed by atoms with Crippen molar-refractivity contribution < 1.29 is 13.2 Å². The SMILES string of the molecule is Cc1ccc(S(=O)(=O)N[C@H](CC(=O)N/N=C\c2cccnc2)c2ccccc2)cc1. The first-order chi connectivity index (χ1) is 14.4. The van der Waals surface area contributed by atoms with E-state index < -0.39 is 22.0 Å². The number of carbonyl (C=O) groups is 1. The molecule has 8 heteroatoms. The van der Waals surface area contributed by atoms with Crippen LogP contribution in [0, 0.1) is 6.92 Å². The Kier molecular flexibility index (Phi) is 7.05. The average molecular weight is 423 g/mol. The number of sulfonamides is 1. The standard InChI is InChI=1S/C22H22N4O3S/c1-17-9-11-20(12-10-17)30(28,29)26-21(19-7-3-2-4-8-19)14-22(27)25-24-16-18-6-5-13-23-15-18/h2-13,15-16,21,26H,14H2,1H3,(H,25,27)/b24-16-/t21-/m1/s1. The van der Waals surface area contributed by atoms with Gasteiger partial charge in [0, 0.05) is 24.4 Å². The molecule has 2 aromatic carbocycles. The maximum atomic E-state index is 12.8. The molecule has 7 nitrogen and oxygen atoms in total. The van der Waals surface area contributed by atoms with Gasteiger partial charge >= 0.3 is 0 Å². The Balaban J connectivity index is 1.73. The van der Waals surface area contributed by atoms with Crippen molar-refractivity contribution in [2.75, 3.05) is 0 Å². The smallest absolute Gasteiger partial charge is 0.242 e. The van der Waals surface area contributed by atoms with Crippen molar-refractivity contribution in [2.45, 2.75) is 24.3 Å². The van der Waals surface area contributed by atoms with Crippen LogP contribution in [-0.4, -0.2) is 25.5 Å². The fraction of sp³-hybridized carbons (Fsp3) is 0.136. The van der Waals surface area contributed by atoms with Crippen molar-refractivity contribution in [3.8, 4) is 0 Å². The third kappa shape index (κ3) is 6.07. The van der Waals surface area contributed by atoms with Crippen LogP contribution in [-0.2, 0) is 14.8 Å². The molecular formula is C22H22N4O3S. The van der Waals surface area contributed by atoms with Gasteiger partial charge in [-0.3, -0.25) is 9.78 Å². The molecule has 1 aromatic heterocycles. The Bertz CT molecular complexity index is 1100. The Labute approximate surface area is 175 Å². The largest absolute Gasteiger partial charge is 0.273 e. The van der Waals surface area contributed by atoms with E-state index >= 15 is 0 Å². The highest BCUT2D eigenvalue weighted by Crippen LogP contribution is 2.20. The molecule has 0 saturated heterocycles. The molecular weight excluding hydrogens is 400 g/mol. The van der Waals surface area contributed by atoms with Gasteiger partial charge in [0.05, 0.1) is 17.2 Å². The maximum Gasteiger partial charge on any atom is 0.242 e. The number of nitrogens with zero attached hydrogens (tertiary/aromatic N) is 2. The van der Waals surface area contributed by atoms with Gasteiger partial charge in [-0.2, -0.15) is 5.10 Å². The number of rotatable bonds is 8. The van der Waals surface area contributed by atoms with Gasteiger partial charge < -0.3 is 0 Å². The molecule has 3 aromatic rings. The third-order valence-electron chi connectivity index (χ3n) is 4.31. The highest BCUT2D eigenvalue weighted by Gasteiger charge is 2.23. The lowest BCUT2D eigenvalue weighted by molar-refractivity contribution is -0.121. The second kappa shape index (κ2) is 9.91. The summed E-state index contributed by atoms with van der Waals surface area (Å²) in [6, 6.07) is 18.3. The van der Waals surface area contributed by atoms with E-state index in [1.54, 1.807) is 60.9 Å². The van der Waals surface area contributed by atoms with E-state index in [4.69, 9.17) is 0 Å². The van der Waals surface area contributed by atoms with Crippen LogP contribution in [0.3, 0.4) is 0 Å². The summed E-state index contributed by atoms with van der Waals surface area (Å²) in [5, 5.41) is 3.91. The normalized spacial score (nSPS) is 12.6. The predicted octanol–water partition coefficient (Wildman–Crippen LogP) is 2.95. The van der Waals surface area contributed by atoms with Crippen molar-refractivity contribution in [3.05, 3.63) is 95.8 Å². The van der Waals surface area contributed by atoms with Crippen LogP contribution in [0.15, 0.2) is 89.1 Å². The van der Waals surface area contributed by atoms with E-state index in [0.29, 0.717) is 5.56 Å². The lowest BCUT2D eigenvalue weighted by Crippen LogP contribution is -2.32. The van der Waals surface area contributed by atoms with Gasteiger partial charge in [0.25, 0.3) is 0 Å². The summed E-state index contributed by atoms with van der Waals surface area (Å²) in [5.41, 5.74) is 4.80. The summed E-state index contributed by atoms with van der Waals surface area (Å²) in [4.78, 5) is 16.5. The van der Waals surface area contributed by atoms with E-state index in [2.05, 4.69) is 20.2 Å². The van der Waals surface area contributed by atoms with Crippen molar-refractivity contribution in [2.24, 2.45) is 5.10 Å². The van der Waals surface area contributed by atoms with E-state index in [1.807, 2.05) is 13.0 Å². The topological polar surface area (TPSA) is 101 Å². The van der Waals surface area contributed by atoms with Gasteiger partial charge in [0.15, 0.2) is 0 Å². The Morgan fingerprint density at radius 1 is 1.07 bits per heavy atom. The van der Waals surface area contributed by atoms with Crippen molar-refractivity contribution in [1.82, 2.24) is 15.1 Å².